The second-order valence-electron chi connectivity index (χ2n) is 5.87. The Labute approximate surface area is 140 Å². The van der Waals surface area contributed by atoms with E-state index in [9.17, 15) is 9.59 Å². The van der Waals surface area contributed by atoms with Crippen molar-refractivity contribution in [2.24, 2.45) is 0 Å². The van der Waals surface area contributed by atoms with E-state index in [4.69, 9.17) is 0 Å². The Morgan fingerprint density at radius 3 is 2.42 bits per heavy atom. The fourth-order valence-electron chi connectivity index (χ4n) is 2.81. The topological polar surface area (TPSA) is 72.5 Å². The van der Waals surface area contributed by atoms with Crippen LogP contribution in [0.15, 0.2) is 42.9 Å². The van der Waals surface area contributed by atoms with Gasteiger partial charge in [-0.1, -0.05) is 30.3 Å². The Morgan fingerprint density at radius 1 is 1.12 bits per heavy atom. The van der Waals surface area contributed by atoms with Crippen LogP contribution in [0, 0.1) is 0 Å². The van der Waals surface area contributed by atoms with Crippen molar-refractivity contribution in [1.82, 2.24) is 24.7 Å². The molecule has 0 radical (unpaired) electrons. The van der Waals surface area contributed by atoms with E-state index in [1.165, 1.54) is 12.5 Å². The third-order valence-electron chi connectivity index (χ3n) is 4.16. The Balaban J connectivity index is 1.52. The number of piperazine rings is 1. The predicted molar refractivity (Wildman–Crippen MR) is 89.4 cm³/mol. The van der Waals surface area contributed by atoms with E-state index >= 15 is 0 Å². The average Bonchev–Trinajstić information content (AvgIpc) is 3.16. The minimum absolute atomic E-state index is 0.00695. The number of H-pyrrole nitrogens is 1. The Hall–Kier alpha value is -2.83. The van der Waals surface area contributed by atoms with Crippen molar-refractivity contribution in [2.75, 3.05) is 33.2 Å². The zero-order chi connectivity index (χ0) is 16.9. The molecule has 0 bridgehead atoms. The van der Waals surface area contributed by atoms with Crippen molar-refractivity contribution < 1.29 is 9.59 Å². The minimum Gasteiger partial charge on any atom is -0.341 e. The summed E-state index contributed by atoms with van der Waals surface area (Å²) in [6.45, 7) is 2.72. The lowest BCUT2D eigenvalue weighted by atomic mass is 10.2. The molecule has 1 aromatic carbocycles. The van der Waals surface area contributed by atoms with Gasteiger partial charge in [0.05, 0.1) is 12.5 Å². The van der Waals surface area contributed by atoms with Gasteiger partial charge in [-0.25, -0.2) is 9.78 Å². The largest absolute Gasteiger partial charge is 0.341 e. The number of aromatic amines is 1. The van der Waals surface area contributed by atoms with Crippen molar-refractivity contribution in [3.63, 3.8) is 0 Å². The van der Waals surface area contributed by atoms with Gasteiger partial charge < -0.3 is 19.7 Å². The van der Waals surface area contributed by atoms with Gasteiger partial charge in [-0.3, -0.25) is 4.79 Å². The van der Waals surface area contributed by atoms with E-state index in [2.05, 4.69) is 9.97 Å². The van der Waals surface area contributed by atoms with Crippen LogP contribution in [-0.4, -0.2) is 69.8 Å². The summed E-state index contributed by atoms with van der Waals surface area (Å²) in [7, 11) is 1.80. The smallest absolute Gasteiger partial charge is 0.320 e. The molecule has 1 saturated heterocycles. The lowest BCUT2D eigenvalue weighted by Gasteiger charge is -2.36. The van der Waals surface area contributed by atoms with E-state index < -0.39 is 0 Å². The van der Waals surface area contributed by atoms with E-state index in [0.29, 0.717) is 38.4 Å². The Kier molecular flexibility index (Phi) is 4.79. The molecule has 2 aromatic rings. The van der Waals surface area contributed by atoms with Crippen LogP contribution in [0.25, 0.3) is 0 Å². The van der Waals surface area contributed by atoms with Crippen LogP contribution >= 0.6 is 0 Å². The van der Waals surface area contributed by atoms with Crippen LogP contribution in [0.1, 0.15) is 16.1 Å². The number of benzene rings is 1. The summed E-state index contributed by atoms with van der Waals surface area (Å²) in [5.74, 6) is -0.0720. The molecule has 3 amide bonds. The van der Waals surface area contributed by atoms with Crippen LogP contribution in [0.5, 0.6) is 0 Å². The van der Waals surface area contributed by atoms with Crippen molar-refractivity contribution in [1.29, 1.82) is 0 Å². The summed E-state index contributed by atoms with van der Waals surface area (Å²) in [6.07, 6.45) is 3.01. The fourth-order valence-corrected chi connectivity index (χ4v) is 2.81. The highest BCUT2D eigenvalue weighted by atomic mass is 16.2. The molecule has 0 saturated carbocycles. The standard InChI is InChI=1S/C17H21N5O2/c1-20(12-14-5-3-2-4-6-14)17(24)22-9-7-21(8-10-22)16(23)15-11-18-13-19-15/h2-6,11,13H,7-10,12H2,1H3,(H,18,19). The monoisotopic (exact) mass is 327 g/mol. The van der Waals surface area contributed by atoms with Crippen molar-refractivity contribution >= 4 is 11.9 Å². The molecule has 3 rings (SSSR count). The summed E-state index contributed by atoms with van der Waals surface area (Å²) in [6, 6.07) is 9.89. The average molecular weight is 327 g/mol. The number of imidazole rings is 1. The first-order valence-electron chi connectivity index (χ1n) is 7.97. The summed E-state index contributed by atoms with van der Waals surface area (Å²) in [5, 5.41) is 0. The lowest BCUT2D eigenvalue weighted by Crippen LogP contribution is -2.53. The van der Waals surface area contributed by atoms with E-state index in [0.717, 1.165) is 5.56 Å². The molecule has 1 N–H and O–H groups in total. The van der Waals surface area contributed by atoms with Gasteiger partial charge in [0.2, 0.25) is 0 Å². The van der Waals surface area contributed by atoms with Crippen LogP contribution in [0.2, 0.25) is 0 Å². The van der Waals surface area contributed by atoms with Crippen LogP contribution in [0.3, 0.4) is 0 Å². The van der Waals surface area contributed by atoms with Gasteiger partial charge in [0.15, 0.2) is 0 Å². The first-order valence-corrected chi connectivity index (χ1v) is 7.97. The van der Waals surface area contributed by atoms with E-state index in [-0.39, 0.29) is 11.9 Å². The molecule has 7 heteroatoms. The number of hydrogen-bond acceptors (Lipinski definition) is 3. The molecule has 0 unspecified atom stereocenters. The zero-order valence-corrected chi connectivity index (χ0v) is 13.7. The summed E-state index contributed by atoms with van der Waals surface area (Å²) < 4.78 is 0. The zero-order valence-electron chi connectivity index (χ0n) is 13.7. The van der Waals surface area contributed by atoms with Gasteiger partial charge >= 0.3 is 6.03 Å². The number of rotatable bonds is 3. The number of urea groups is 1. The minimum atomic E-state index is -0.0720. The number of carbonyl (C=O) groups excluding carboxylic acids is 2. The fraction of sp³-hybridized carbons (Fsp3) is 0.353. The highest BCUT2D eigenvalue weighted by Gasteiger charge is 2.26. The normalized spacial score (nSPS) is 14.5. The highest BCUT2D eigenvalue weighted by Crippen LogP contribution is 2.10. The molecular formula is C17H21N5O2. The summed E-state index contributed by atoms with van der Waals surface area (Å²) >= 11 is 0. The molecule has 0 atom stereocenters. The molecule has 0 aliphatic carbocycles. The maximum atomic E-state index is 12.5. The first kappa shape index (κ1) is 16.0. The second-order valence-corrected chi connectivity index (χ2v) is 5.87. The molecule has 1 fully saturated rings. The molecule has 0 spiro atoms. The molecule has 1 aliphatic heterocycles. The first-order chi connectivity index (χ1) is 11.6. The van der Waals surface area contributed by atoms with Crippen LogP contribution < -0.4 is 0 Å². The van der Waals surface area contributed by atoms with Crippen molar-refractivity contribution in [3.8, 4) is 0 Å². The van der Waals surface area contributed by atoms with Gasteiger partial charge in [0.1, 0.15) is 5.69 Å². The lowest BCUT2D eigenvalue weighted by molar-refractivity contribution is 0.0639. The Bertz CT molecular complexity index is 678. The predicted octanol–water partition coefficient (Wildman–Crippen LogP) is 1.42. The maximum absolute atomic E-state index is 12.5. The van der Waals surface area contributed by atoms with Gasteiger partial charge in [-0.05, 0) is 5.56 Å². The van der Waals surface area contributed by atoms with Crippen LogP contribution in [0.4, 0.5) is 4.79 Å². The number of amides is 3. The van der Waals surface area contributed by atoms with Crippen LogP contribution in [-0.2, 0) is 6.54 Å². The number of hydrogen-bond donors (Lipinski definition) is 1. The maximum Gasteiger partial charge on any atom is 0.320 e. The van der Waals surface area contributed by atoms with E-state index in [1.54, 1.807) is 21.7 Å². The van der Waals surface area contributed by atoms with Gasteiger partial charge in [0.25, 0.3) is 5.91 Å². The SMILES string of the molecule is CN(Cc1ccccc1)C(=O)N1CCN(C(=O)c2cnc[nH]2)CC1. The summed E-state index contributed by atoms with van der Waals surface area (Å²) in [5.41, 5.74) is 1.58. The summed E-state index contributed by atoms with van der Waals surface area (Å²) in [4.78, 5) is 36.7. The van der Waals surface area contributed by atoms with Gasteiger partial charge in [-0.2, -0.15) is 0 Å². The molecule has 1 aliphatic rings. The molecular weight excluding hydrogens is 306 g/mol. The number of aromatic nitrogens is 2. The third kappa shape index (κ3) is 3.56. The molecule has 2 heterocycles. The van der Waals surface area contributed by atoms with E-state index in [1.807, 2.05) is 30.3 Å². The third-order valence-corrected chi connectivity index (χ3v) is 4.16. The van der Waals surface area contributed by atoms with Gasteiger partial charge in [0, 0.05) is 39.8 Å². The highest BCUT2D eigenvalue weighted by molar-refractivity contribution is 5.92. The number of carbonyl (C=O) groups is 2. The molecule has 126 valence electrons. The Morgan fingerprint density at radius 2 is 1.79 bits per heavy atom. The molecule has 7 nitrogen and oxygen atoms in total. The van der Waals surface area contributed by atoms with Gasteiger partial charge in [-0.15, -0.1) is 0 Å². The van der Waals surface area contributed by atoms with Crippen molar-refractivity contribution in [2.45, 2.75) is 6.54 Å². The quantitative estimate of drug-likeness (QED) is 0.927. The van der Waals surface area contributed by atoms with Crippen molar-refractivity contribution in [3.05, 3.63) is 54.1 Å². The second kappa shape index (κ2) is 7.16. The molecule has 1 aromatic heterocycles. The number of nitrogens with zero attached hydrogens (tertiary/aromatic N) is 4. The molecule has 24 heavy (non-hydrogen) atoms. The number of nitrogens with one attached hydrogen (secondary N) is 1.